The summed E-state index contributed by atoms with van der Waals surface area (Å²) >= 11 is 5.31. The summed E-state index contributed by atoms with van der Waals surface area (Å²) in [6, 6.07) is 20.6. The van der Waals surface area contributed by atoms with E-state index in [-0.39, 0.29) is 5.11 Å². The van der Waals surface area contributed by atoms with E-state index in [1.807, 2.05) is 42.5 Å². The molecule has 3 rings (SSSR count). The van der Waals surface area contributed by atoms with Crippen LogP contribution in [0.3, 0.4) is 0 Å². The molecular weight excluding hydrogens is 440 g/mol. The molecule has 0 aliphatic rings. The van der Waals surface area contributed by atoms with Crippen molar-refractivity contribution in [3.8, 4) is 23.0 Å². The standard InChI is InChI=1S/C25H26N2O5S/c1-29-21-14-18(15-22(30-2)23(21)31-3)24(28)27-25(33)26-19-10-7-11-20(16-19)32-13-12-17-8-5-4-6-9-17/h4-11,14-16H,12-13H2,1-3H3,(H2,26,27,28,33). The first-order chi connectivity index (χ1) is 16.0. The van der Waals surface area contributed by atoms with Crippen molar-refractivity contribution in [3.05, 3.63) is 77.9 Å². The number of hydrogen-bond acceptors (Lipinski definition) is 6. The zero-order valence-corrected chi connectivity index (χ0v) is 19.5. The third-order valence-electron chi connectivity index (χ3n) is 4.75. The summed E-state index contributed by atoms with van der Waals surface area (Å²) in [6.07, 6.45) is 0.807. The highest BCUT2D eigenvalue weighted by molar-refractivity contribution is 7.80. The van der Waals surface area contributed by atoms with Crippen molar-refractivity contribution in [2.24, 2.45) is 0 Å². The van der Waals surface area contributed by atoms with Gasteiger partial charge in [-0.1, -0.05) is 36.4 Å². The van der Waals surface area contributed by atoms with Crippen molar-refractivity contribution in [1.29, 1.82) is 0 Å². The lowest BCUT2D eigenvalue weighted by atomic mass is 10.1. The molecule has 8 heteroatoms. The van der Waals surface area contributed by atoms with Crippen LogP contribution in [-0.4, -0.2) is 39.0 Å². The van der Waals surface area contributed by atoms with Gasteiger partial charge in [0.1, 0.15) is 5.75 Å². The largest absolute Gasteiger partial charge is 0.493 e. The first-order valence-corrected chi connectivity index (χ1v) is 10.6. The molecule has 1 amide bonds. The summed E-state index contributed by atoms with van der Waals surface area (Å²) in [5.74, 6) is 1.44. The third kappa shape index (κ3) is 6.60. The molecule has 0 aliphatic carbocycles. The smallest absolute Gasteiger partial charge is 0.257 e. The van der Waals surface area contributed by atoms with E-state index in [2.05, 4.69) is 22.8 Å². The zero-order chi connectivity index (χ0) is 23.6. The minimum Gasteiger partial charge on any atom is -0.493 e. The van der Waals surface area contributed by atoms with Crippen molar-refractivity contribution in [2.45, 2.75) is 6.42 Å². The highest BCUT2D eigenvalue weighted by Crippen LogP contribution is 2.38. The average molecular weight is 467 g/mol. The number of nitrogens with one attached hydrogen (secondary N) is 2. The van der Waals surface area contributed by atoms with Crippen LogP contribution in [0.25, 0.3) is 0 Å². The Balaban J connectivity index is 1.59. The summed E-state index contributed by atoms with van der Waals surface area (Å²) in [6.45, 7) is 0.551. The number of carbonyl (C=O) groups excluding carboxylic acids is 1. The molecule has 0 atom stereocenters. The van der Waals surface area contributed by atoms with E-state index in [1.54, 1.807) is 12.1 Å². The van der Waals surface area contributed by atoms with E-state index in [0.717, 1.165) is 6.42 Å². The van der Waals surface area contributed by atoms with Crippen LogP contribution in [-0.2, 0) is 6.42 Å². The van der Waals surface area contributed by atoms with Gasteiger partial charge in [-0.25, -0.2) is 0 Å². The lowest BCUT2D eigenvalue weighted by Gasteiger charge is -2.15. The minimum absolute atomic E-state index is 0.148. The van der Waals surface area contributed by atoms with Crippen molar-refractivity contribution in [3.63, 3.8) is 0 Å². The number of rotatable bonds is 9. The molecule has 0 fully saturated rings. The van der Waals surface area contributed by atoms with Gasteiger partial charge in [-0.15, -0.1) is 0 Å². The Morgan fingerprint density at radius 2 is 1.58 bits per heavy atom. The summed E-state index contributed by atoms with van der Waals surface area (Å²) < 4.78 is 21.7. The number of methoxy groups -OCH3 is 3. The van der Waals surface area contributed by atoms with Crippen LogP contribution >= 0.6 is 12.2 Å². The van der Waals surface area contributed by atoms with Gasteiger partial charge in [-0.3, -0.25) is 10.1 Å². The molecule has 0 aliphatic heterocycles. The first kappa shape index (κ1) is 23.9. The second-order valence-corrected chi connectivity index (χ2v) is 7.34. The van der Waals surface area contributed by atoms with Gasteiger partial charge in [0.15, 0.2) is 16.6 Å². The van der Waals surface area contributed by atoms with E-state index in [0.29, 0.717) is 40.9 Å². The fourth-order valence-corrected chi connectivity index (χ4v) is 3.36. The quantitative estimate of drug-likeness (QED) is 0.451. The number of anilines is 1. The SMILES string of the molecule is COc1cc(C(=O)NC(=S)Nc2cccc(OCCc3ccccc3)c2)cc(OC)c1OC. The van der Waals surface area contributed by atoms with E-state index < -0.39 is 5.91 Å². The lowest BCUT2D eigenvalue weighted by molar-refractivity contribution is 0.0977. The summed E-state index contributed by atoms with van der Waals surface area (Å²) in [7, 11) is 4.47. The second kappa shape index (κ2) is 11.7. The summed E-state index contributed by atoms with van der Waals surface area (Å²) in [4.78, 5) is 12.7. The third-order valence-corrected chi connectivity index (χ3v) is 4.95. The minimum atomic E-state index is -0.415. The molecule has 2 N–H and O–H groups in total. The van der Waals surface area contributed by atoms with Crippen LogP contribution in [0.15, 0.2) is 66.7 Å². The summed E-state index contributed by atoms with van der Waals surface area (Å²) in [5, 5.41) is 5.81. The Morgan fingerprint density at radius 3 is 2.21 bits per heavy atom. The number of hydrogen-bond donors (Lipinski definition) is 2. The van der Waals surface area contributed by atoms with Crippen molar-refractivity contribution < 1.29 is 23.7 Å². The van der Waals surface area contributed by atoms with Crippen LogP contribution in [0.2, 0.25) is 0 Å². The lowest BCUT2D eigenvalue weighted by Crippen LogP contribution is -2.34. The Hall–Kier alpha value is -3.78. The average Bonchev–Trinajstić information content (AvgIpc) is 2.83. The number of benzene rings is 3. The second-order valence-electron chi connectivity index (χ2n) is 6.93. The Labute approximate surface area is 198 Å². The van der Waals surface area contributed by atoms with Gasteiger partial charge in [0.05, 0.1) is 27.9 Å². The fourth-order valence-electron chi connectivity index (χ4n) is 3.14. The van der Waals surface area contributed by atoms with Crippen LogP contribution in [0.1, 0.15) is 15.9 Å². The predicted octanol–water partition coefficient (Wildman–Crippen LogP) is 4.46. The molecular formula is C25H26N2O5S. The molecule has 0 saturated carbocycles. The first-order valence-electron chi connectivity index (χ1n) is 10.2. The highest BCUT2D eigenvalue weighted by atomic mass is 32.1. The van der Waals surface area contributed by atoms with Crippen molar-refractivity contribution in [1.82, 2.24) is 5.32 Å². The van der Waals surface area contributed by atoms with Gasteiger partial charge >= 0.3 is 0 Å². The van der Waals surface area contributed by atoms with E-state index in [4.69, 9.17) is 31.2 Å². The number of carbonyl (C=O) groups is 1. The van der Waals surface area contributed by atoms with Gasteiger partial charge in [0.25, 0.3) is 5.91 Å². The van der Waals surface area contributed by atoms with Crippen LogP contribution in [0.4, 0.5) is 5.69 Å². The molecule has 3 aromatic rings. The van der Waals surface area contributed by atoms with Crippen molar-refractivity contribution >= 4 is 28.9 Å². The number of thiocarbonyl (C=S) groups is 1. The van der Waals surface area contributed by atoms with Crippen LogP contribution in [0.5, 0.6) is 23.0 Å². The molecule has 172 valence electrons. The maximum atomic E-state index is 12.7. The molecule has 7 nitrogen and oxygen atoms in total. The fraction of sp³-hybridized carbons (Fsp3) is 0.200. The topological polar surface area (TPSA) is 78.1 Å². The van der Waals surface area contributed by atoms with Gasteiger partial charge in [-0.2, -0.15) is 0 Å². The van der Waals surface area contributed by atoms with Gasteiger partial charge < -0.3 is 24.3 Å². The molecule has 33 heavy (non-hydrogen) atoms. The molecule has 0 spiro atoms. The normalized spacial score (nSPS) is 10.2. The van der Waals surface area contributed by atoms with Crippen LogP contribution in [0, 0.1) is 0 Å². The Bertz CT molecular complexity index is 1080. The van der Waals surface area contributed by atoms with Gasteiger partial charge in [0, 0.05) is 23.7 Å². The molecule has 0 unspecified atom stereocenters. The molecule has 0 saturated heterocycles. The van der Waals surface area contributed by atoms with E-state index in [9.17, 15) is 4.79 Å². The molecule has 0 bridgehead atoms. The Kier molecular flexibility index (Phi) is 8.49. The maximum Gasteiger partial charge on any atom is 0.257 e. The van der Waals surface area contributed by atoms with E-state index >= 15 is 0 Å². The monoisotopic (exact) mass is 466 g/mol. The van der Waals surface area contributed by atoms with E-state index in [1.165, 1.54) is 26.9 Å². The van der Waals surface area contributed by atoms with Gasteiger partial charge in [0.2, 0.25) is 5.75 Å². The predicted molar refractivity (Wildman–Crippen MR) is 132 cm³/mol. The van der Waals surface area contributed by atoms with Crippen molar-refractivity contribution in [2.75, 3.05) is 33.3 Å². The number of amides is 1. The van der Waals surface area contributed by atoms with Crippen LogP contribution < -0.4 is 29.6 Å². The molecule has 0 heterocycles. The molecule has 0 aromatic heterocycles. The zero-order valence-electron chi connectivity index (χ0n) is 18.7. The van der Waals surface area contributed by atoms with Gasteiger partial charge in [-0.05, 0) is 42.0 Å². The molecule has 3 aromatic carbocycles. The maximum absolute atomic E-state index is 12.7. The highest BCUT2D eigenvalue weighted by Gasteiger charge is 2.17. The summed E-state index contributed by atoms with van der Waals surface area (Å²) in [5.41, 5.74) is 2.22. The number of ether oxygens (including phenoxy) is 4. The molecule has 0 radical (unpaired) electrons. The Morgan fingerprint density at radius 1 is 0.879 bits per heavy atom.